The van der Waals surface area contributed by atoms with Crippen molar-refractivity contribution in [3.63, 3.8) is 0 Å². The van der Waals surface area contributed by atoms with Crippen molar-refractivity contribution < 1.29 is 18.3 Å². The summed E-state index contributed by atoms with van der Waals surface area (Å²) in [5, 5.41) is 17.1. The standard InChI is InChI=1S/C17H15N3O4S3/c21-14(22)10-20(27(23,24)15-5-2-7-25-15)13-4-1-3-11-9-12(19-16(11)13)17-18-6-8-26-17/h1-8,12,19H,9-10H2,(H,21,22). The van der Waals surface area contributed by atoms with Crippen LogP contribution < -0.4 is 9.62 Å². The van der Waals surface area contributed by atoms with Gasteiger partial charge in [-0.05, 0) is 23.1 Å². The van der Waals surface area contributed by atoms with Crippen LogP contribution in [0.2, 0.25) is 0 Å². The third-order valence-electron chi connectivity index (χ3n) is 4.21. The number of thiazole rings is 1. The summed E-state index contributed by atoms with van der Waals surface area (Å²) in [4.78, 5) is 15.7. The van der Waals surface area contributed by atoms with Crippen molar-refractivity contribution in [1.29, 1.82) is 0 Å². The molecule has 2 aromatic heterocycles. The third-order valence-corrected chi connectivity index (χ3v) is 8.23. The maximum atomic E-state index is 13.1. The second kappa shape index (κ2) is 6.95. The van der Waals surface area contributed by atoms with Crippen molar-refractivity contribution >= 4 is 50.0 Å². The van der Waals surface area contributed by atoms with Crippen LogP contribution in [0.15, 0.2) is 51.5 Å². The highest BCUT2D eigenvalue weighted by Gasteiger charge is 2.33. The molecule has 0 bridgehead atoms. The second-order valence-electron chi connectivity index (χ2n) is 5.92. The largest absolute Gasteiger partial charge is 0.480 e. The van der Waals surface area contributed by atoms with E-state index in [1.807, 2.05) is 11.4 Å². The molecule has 1 aliphatic rings. The lowest BCUT2D eigenvalue weighted by Crippen LogP contribution is -2.35. The molecule has 1 aliphatic heterocycles. The summed E-state index contributed by atoms with van der Waals surface area (Å²) in [5.41, 5.74) is 1.91. The molecule has 4 rings (SSSR count). The van der Waals surface area contributed by atoms with Gasteiger partial charge >= 0.3 is 5.97 Å². The summed E-state index contributed by atoms with van der Waals surface area (Å²) in [6.45, 7) is -0.652. The van der Waals surface area contributed by atoms with Gasteiger partial charge in [0, 0.05) is 18.0 Å². The lowest BCUT2D eigenvalue weighted by Gasteiger charge is -2.24. The second-order valence-corrected chi connectivity index (χ2v) is 9.88. The van der Waals surface area contributed by atoms with Crippen LogP contribution in [0, 0.1) is 0 Å². The number of aliphatic carboxylic acids is 1. The van der Waals surface area contributed by atoms with Gasteiger partial charge in [0.15, 0.2) is 0 Å². The molecule has 0 aliphatic carbocycles. The number of aromatic nitrogens is 1. The van der Waals surface area contributed by atoms with Gasteiger partial charge in [0.25, 0.3) is 10.0 Å². The molecule has 0 saturated heterocycles. The van der Waals surface area contributed by atoms with Crippen LogP contribution in [-0.4, -0.2) is 31.0 Å². The summed E-state index contributed by atoms with van der Waals surface area (Å²) in [6, 6.07) is 8.34. The number of carboxylic acid groups (broad SMARTS) is 1. The first-order valence-electron chi connectivity index (χ1n) is 8.02. The maximum Gasteiger partial charge on any atom is 0.324 e. The monoisotopic (exact) mass is 421 g/mol. The molecule has 0 saturated carbocycles. The van der Waals surface area contributed by atoms with Crippen molar-refractivity contribution in [2.24, 2.45) is 0 Å². The molecule has 1 aromatic carbocycles. The van der Waals surface area contributed by atoms with Gasteiger partial charge in [-0.3, -0.25) is 9.10 Å². The van der Waals surface area contributed by atoms with Crippen LogP contribution in [0.5, 0.6) is 0 Å². The molecule has 27 heavy (non-hydrogen) atoms. The molecule has 140 valence electrons. The predicted molar refractivity (Wildman–Crippen MR) is 105 cm³/mol. The van der Waals surface area contributed by atoms with Gasteiger partial charge in [-0.25, -0.2) is 13.4 Å². The molecular formula is C17H15N3O4S3. The highest BCUT2D eigenvalue weighted by atomic mass is 32.2. The predicted octanol–water partition coefficient (Wildman–Crippen LogP) is 3.19. The first-order chi connectivity index (χ1) is 13.0. The highest BCUT2D eigenvalue weighted by molar-refractivity contribution is 7.94. The number of anilines is 2. The van der Waals surface area contributed by atoms with Crippen molar-refractivity contribution in [3.8, 4) is 0 Å². The number of carbonyl (C=O) groups is 1. The Hall–Kier alpha value is -2.43. The van der Waals surface area contributed by atoms with Gasteiger partial charge in [0.05, 0.1) is 17.4 Å². The van der Waals surface area contributed by atoms with E-state index in [4.69, 9.17) is 0 Å². The Morgan fingerprint density at radius 3 is 2.78 bits per heavy atom. The van der Waals surface area contributed by atoms with Gasteiger partial charge in [-0.2, -0.15) is 0 Å². The maximum absolute atomic E-state index is 13.1. The van der Waals surface area contributed by atoms with E-state index in [1.54, 1.807) is 29.8 Å². The minimum Gasteiger partial charge on any atom is -0.480 e. The quantitative estimate of drug-likeness (QED) is 0.634. The average molecular weight is 422 g/mol. The van der Waals surface area contributed by atoms with Gasteiger partial charge in [0.2, 0.25) is 0 Å². The van der Waals surface area contributed by atoms with Crippen LogP contribution in [0.3, 0.4) is 0 Å². The van der Waals surface area contributed by atoms with Gasteiger partial charge in [0.1, 0.15) is 15.8 Å². The number of hydrogen-bond donors (Lipinski definition) is 2. The molecule has 0 radical (unpaired) electrons. The normalized spacial score (nSPS) is 15.9. The molecule has 0 fully saturated rings. The summed E-state index contributed by atoms with van der Waals surface area (Å²) >= 11 is 2.58. The lowest BCUT2D eigenvalue weighted by atomic mass is 10.1. The Labute approximate surface area is 164 Å². The summed E-state index contributed by atoms with van der Waals surface area (Å²) in [5.74, 6) is -1.22. The summed E-state index contributed by atoms with van der Waals surface area (Å²) in [6.07, 6.45) is 2.39. The van der Waals surface area contributed by atoms with Crippen LogP contribution in [-0.2, 0) is 21.2 Å². The number of rotatable bonds is 6. The van der Waals surface area contributed by atoms with Crippen molar-refractivity contribution in [3.05, 3.63) is 57.9 Å². The van der Waals surface area contributed by atoms with E-state index in [0.717, 1.165) is 26.2 Å². The summed E-state index contributed by atoms with van der Waals surface area (Å²) < 4.78 is 27.2. The van der Waals surface area contributed by atoms with E-state index in [-0.39, 0.29) is 10.3 Å². The van der Waals surface area contributed by atoms with Crippen molar-refractivity contribution in [2.45, 2.75) is 16.7 Å². The number of fused-ring (bicyclic) bond motifs is 1. The Kier molecular flexibility index (Phi) is 4.62. The van der Waals surface area contributed by atoms with E-state index < -0.39 is 22.5 Å². The Morgan fingerprint density at radius 1 is 1.26 bits per heavy atom. The number of carboxylic acids is 1. The summed E-state index contributed by atoms with van der Waals surface area (Å²) in [7, 11) is -3.98. The first kappa shape index (κ1) is 18.0. The Morgan fingerprint density at radius 2 is 2.11 bits per heavy atom. The molecular weight excluding hydrogens is 406 g/mol. The molecule has 2 N–H and O–H groups in total. The zero-order valence-corrected chi connectivity index (χ0v) is 16.4. The van der Waals surface area contributed by atoms with E-state index in [0.29, 0.717) is 17.8 Å². The van der Waals surface area contributed by atoms with Crippen molar-refractivity contribution in [2.75, 3.05) is 16.2 Å². The number of sulfonamides is 1. The van der Waals surface area contributed by atoms with Crippen LogP contribution in [0.1, 0.15) is 16.6 Å². The fraction of sp³-hybridized carbons (Fsp3) is 0.176. The van der Waals surface area contributed by atoms with E-state index in [1.165, 1.54) is 17.4 Å². The number of thiophene rings is 1. The SMILES string of the molecule is O=C(O)CN(c1cccc2c1NC(c1nccs1)C2)S(=O)(=O)c1cccs1. The molecule has 0 spiro atoms. The van der Waals surface area contributed by atoms with E-state index in [9.17, 15) is 18.3 Å². The minimum atomic E-state index is -3.98. The van der Waals surface area contributed by atoms with Crippen LogP contribution >= 0.6 is 22.7 Å². The molecule has 1 unspecified atom stereocenters. The topological polar surface area (TPSA) is 99.6 Å². The molecule has 1 atom stereocenters. The molecule has 10 heteroatoms. The van der Waals surface area contributed by atoms with E-state index in [2.05, 4.69) is 10.3 Å². The van der Waals surface area contributed by atoms with Gasteiger partial charge < -0.3 is 10.4 Å². The number of para-hydroxylation sites is 1. The molecule has 3 heterocycles. The van der Waals surface area contributed by atoms with Gasteiger partial charge in [-0.15, -0.1) is 22.7 Å². The minimum absolute atomic E-state index is 0.0581. The zero-order valence-electron chi connectivity index (χ0n) is 13.9. The number of hydrogen-bond acceptors (Lipinski definition) is 7. The number of nitrogens with zero attached hydrogens (tertiary/aromatic N) is 2. The third kappa shape index (κ3) is 3.31. The Balaban J connectivity index is 1.77. The lowest BCUT2D eigenvalue weighted by molar-refractivity contribution is -0.135. The highest BCUT2D eigenvalue weighted by Crippen LogP contribution is 2.42. The zero-order chi connectivity index (χ0) is 19.0. The van der Waals surface area contributed by atoms with Crippen LogP contribution in [0.25, 0.3) is 0 Å². The smallest absolute Gasteiger partial charge is 0.324 e. The number of nitrogens with one attached hydrogen (secondary N) is 1. The van der Waals surface area contributed by atoms with E-state index >= 15 is 0 Å². The molecule has 0 amide bonds. The Bertz CT molecular complexity index is 1060. The number of benzene rings is 1. The molecule has 3 aromatic rings. The van der Waals surface area contributed by atoms with Crippen molar-refractivity contribution in [1.82, 2.24) is 4.98 Å². The van der Waals surface area contributed by atoms with Gasteiger partial charge in [-0.1, -0.05) is 18.2 Å². The fourth-order valence-electron chi connectivity index (χ4n) is 3.07. The van der Waals surface area contributed by atoms with Crippen LogP contribution in [0.4, 0.5) is 11.4 Å². The average Bonchev–Trinajstić information content (AvgIpc) is 3.39. The first-order valence-corrected chi connectivity index (χ1v) is 11.2. The fourth-order valence-corrected chi connectivity index (χ4v) is 6.29. The molecule has 7 nitrogen and oxygen atoms in total.